The summed E-state index contributed by atoms with van der Waals surface area (Å²) in [5.41, 5.74) is 0.836. The molecular formula is C16H15F2NO3. The van der Waals surface area contributed by atoms with Gasteiger partial charge in [0.25, 0.3) is 5.91 Å². The van der Waals surface area contributed by atoms with E-state index in [2.05, 4.69) is 10.1 Å². The van der Waals surface area contributed by atoms with Gasteiger partial charge in [-0.2, -0.15) is 8.78 Å². The maximum Gasteiger partial charge on any atom is 0.387 e. The van der Waals surface area contributed by atoms with Gasteiger partial charge in [-0.1, -0.05) is 30.3 Å². The Morgan fingerprint density at radius 1 is 1.09 bits per heavy atom. The molecule has 2 aromatic rings. The predicted molar refractivity (Wildman–Crippen MR) is 77.2 cm³/mol. The molecule has 0 heterocycles. The lowest BCUT2D eigenvalue weighted by Crippen LogP contribution is -2.24. The molecule has 6 heteroatoms. The Kier molecular flexibility index (Phi) is 5.30. The first-order valence-corrected chi connectivity index (χ1v) is 6.55. The lowest BCUT2D eigenvalue weighted by molar-refractivity contribution is -0.0501. The minimum atomic E-state index is -2.98. The minimum Gasteiger partial charge on any atom is -0.496 e. The SMILES string of the molecule is COc1ccccc1CNC(=O)c1ccccc1OC(F)F. The summed E-state index contributed by atoms with van der Waals surface area (Å²) in [4.78, 5) is 12.1. The number of methoxy groups -OCH3 is 1. The van der Waals surface area contributed by atoms with Crippen LogP contribution in [0.15, 0.2) is 48.5 Å². The van der Waals surface area contributed by atoms with Crippen molar-refractivity contribution in [1.82, 2.24) is 5.32 Å². The molecule has 0 aliphatic carbocycles. The van der Waals surface area contributed by atoms with E-state index in [4.69, 9.17) is 4.74 Å². The van der Waals surface area contributed by atoms with Crippen LogP contribution in [0.5, 0.6) is 11.5 Å². The summed E-state index contributed by atoms with van der Waals surface area (Å²) in [6.45, 7) is -2.77. The molecule has 0 saturated heterocycles. The van der Waals surface area contributed by atoms with Gasteiger partial charge in [-0.25, -0.2) is 0 Å². The van der Waals surface area contributed by atoms with Gasteiger partial charge in [-0.05, 0) is 18.2 Å². The Balaban J connectivity index is 2.10. The molecule has 4 nitrogen and oxygen atoms in total. The van der Waals surface area contributed by atoms with Gasteiger partial charge >= 0.3 is 6.61 Å². The second-order valence-electron chi connectivity index (χ2n) is 4.37. The number of para-hydroxylation sites is 2. The number of hydrogen-bond acceptors (Lipinski definition) is 3. The van der Waals surface area contributed by atoms with Crippen molar-refractivity contribution in [3.8, 4) is 11.5 Å². The zero-order valence-electron chi connectivity index (χ0n) is 11.9. The summed E-state index contributed by atoms with van der Waals surface area (Å²) in [7, 11) is 1.53. The highest BCUT2D eigenvalue weighted by Crippen LogP contribution is 2.21. The summed E-state index contributed by atoms with van der Waals surface area (Å²) in [5, 5.41) is 2.66. The molecule has 0 unspecified atom stereocenters. The van der Waals surface area contributed by atoms with Gasteiger partial charge in [-0.3, -0.25) is 4.79 Å². The summed E-state index contributed by atoms with van der Waals surface area (Å²) < 4.78 is 34.2. The fourth-order valence-corrected chi connectivity index (χ4v) is 1.97. The van der Waals surface area contributed by atoms with Crippen LogP contribution < -0.4 is 14.8 Å². The highest BCUT2D eigenvalue weighted by atomic mass is 19.3. The number of ether oxygens (including phenoxy) is 2. The van der Waals surface area contributed by atoms with Crippen molar-refractivity contribution in [3.05, 3.63) is 59.7 Å². The smallest absolute Gasteiger partial charge is 0.387 e. The second-order valence-corrected chi connectivity index (χ2v) is 4.37. The molecule has 0 atom stereocenters. The molecule has 1 amide bonds. The second kappa shape index (κ2) is 7.40. The number of amides is 1. The summed E-state index contributed by atoms with van der Waals surface area (Å²) >= 11 is 0. The Labute approximate surface area is 126 Å². The average Bonchev–Trinajstić information content (AvgIpc) is 2.52. The van der Waals surface area contributed by atoms with Crippen LogP contribution in [0.25, 0.3) is 0 Å². The number of carbonyl (C=O) groups is 1. The largest absolute Gasteiger partial charge is 0.496 e. The van der Waals surface area contributed by atoms with Crippen LogP contribution in [-0.2, 0) is 6.54 Å². The molecule has 0 aliphatic rings. The summed E-state index contributed by atoms with van der Waals surface area (Å²) in [6.07, 6.45) is 0. The van der Waals surface area contributed by atoms with Gasteiger partial charge < -0.3 is 14.8 Å². The molecule has 0 aliphatic heterocycles. The highest BCUT2D eigenvalue weighted by molar-refractivity contribution is 5.96. The van der Waals surface area contributed by atoms with Gasteiger partial charge in [0.2, 0.25) is 0 Å². The van der Waals surface area contributed by atoms with Gasteiger partial charge in [0.1, 0.15) is 11.5 Å². The zero-order valence-corrected chi connectivity index (χ0v) is 11.9. The molecule has 116 valence electrons. The molecule has 2 aromatic carbocycles. The third kappa shape index (κ3) is 3.94. The Morgan fingerprint density at radius 2 is 1.73 bits per heavy atom. The molecule has 0 bridgehead atoms. The van der Waals surface area contributed by atoms with E-state index in [1.165, 1.54) is 25.3 Å². The Bertz CT molecular complexity index is 647. The van der Waals surface area contributed by atoms with E-state index in [1.807, 2.05) is 12.1 Å². The number of nitrogens with one attached hydrogen (secondary N) is 1. The number of carbonyl (C=O) groups excluding carboxylic acids is 1. The van der Waals surface area contributed by atoms with Crippen LogP contribution in [0.3, 0.4) is 0 Å². The number of rotatable bonds is 6. The van der Waals surface area contributed by atoms with Crippen molar-refractivity contribution < 1.29 is 23.0 Å². The van der Waals surface area contributed by atoms with Crippen molar-refractivity contribution in [2.24, 2.45) is 0 Å². The number of benzene rings is 2. The van der Waals surface area contributed by atoms with E-state index in [0.717, 1.165) is 5.56 Å². The van der Waals surface area contributed by atoms with E-state index in [0.29, 0.717) is 5.75 Å². The molecular weight excluding hydrogens is 292 g/mol. The fraction of sp³-hybridized carbons (Fsp3) is 0.188. The predicted octanol–water partition coefficient (Wildman–Crippen LogP) is 3.23. The lowest BCUT2D eigenvalue weighted by Gasteiger charge is -2.12. The van der Waals surface area contributed by atoms with E-state index in [1.54, 1.807) is 18.2 Å². The first kappa shape index (κ1) is 15.8. The first-order chi connectivity index (χ1) is 10.6. The quantitative estimate of drug-likeness (QED) is 0.891. The molecule has 0 radical (unpaired) electrons. The van der Waals surface area contributed by atoms with Crippen molar-refractivity contribution in [2.45, 2.75) is 13.2 Å². The summed E-state index contributed by atoms with van der Waals surface area (Å²) in [5.74, 6) is -0.0166. The van der Waals surface area contributed by atoms with Gasteiger partial charge in [0.15, 0.2) is 0 Å². The van der Waals surface area contributed by atoms with Gasteiger partial charge in [0, 0.05) is 12.1 Å². The van der Waals surface area contributed by atoms with Crippen LogP contribution in [0, 0.1) is 0 Å². The Morgan fingerprint density at radius 3 is 2.41 bits per heavy atom. The fourth-order valence-electron chi connectivity index (χ4n) is 1.97. The van der Waals surface area contributed by atoms with Crippen molar-refractivity contribution >= 4 is 5.91 Å². The van der Waals surface area contributed by atoms with E-state index >= 15 is 0 Å². The van der Waals surface area contributed by atoms with E-state index < -0.39 is 12.5 Å². The van der Waals surface area contributed by atoms with Crippen LogP contribution in [0.4, 0.5) is 8.78 Å². The average molecular weight is 307 g/mol. The zero-order chi connectivity index (χ0) is 15.9. The molecule has 0 aromatic heterocycles. The Hall–Kier alpha value is -2.63. The number of halogens is 2. The van der Waals surface area contributed by atoms with Gasteiger partial charge in [-0.15, -0.1) is 0 Å². The normalized spacial score (nSPS) is 10.4. The maximum absolute atomic E-state index is 12.3. The molecule has 0 saturated carbocycles. The topological polar surface area (TPSA) is 47.6 Å². The van der Waals surface area contributed by atoms with Crippen molar-refractivity contribution in [1.29, 1.82) is 0 Å². The van der Waals surface area contributed by atoms with Crippen molar-refractivity contribution in [2.75, 3.05) is 7.11 Å². The number of hydrogen-bond donors (Lipinski definition) is 1. The molecule has 1 N–H and O–H groups in total. The standard InChI is InChI=1S/C16H15F2NO3/c1-21-13-8-4-2-6-11(13)10-19-15(20)12-7-3-5-9-14(12)22-16(17)18/h2-9,16H,10H2,1H3,(H,19,20). The van der Waals surface area contributed by atoms with Crippen LogP contribution >= 0.6 is 0 Å². The monoisotopic (exact) mass is 307 g/mol. The van der Waals surface area contributed by atoms with E-state index in [-0.39, 0.29) is 17.9 Å². The van der Waals surface area contributed by atoms with Gasteiger partial charge in [0.05, 0.1) is 12.7 Å². The summed E-state index contributed by atoms with van der Waals surface area (Å²) in [6, 6.07) is 13.1. The molecule has 0 spiro atoms. The third-order valence-corrected chi connectivity index (χ3v) is 2.98. The lowest BCUT2D eigenvalue weighted by atomic mass is 10.1. The van der Waals surface area contributed by atoms with Crippen LogP contribution in [0.2, 0.25) is 0 Å². The van der Waals surface area contributed by atoms with Crippen LogP contribution in [-0.4, -0.2) is 19.6 Å². The maximum atomic E-state index is 12.3. The minimum absolute atomic E-state index is 0.0534. The van der Waals surface area contributed by atoms with Crippen molar-refractivity contribution in [3.63, 3.8) is 0 Å². The molecule has 0 fully saturated rings. The first-order valence-electron chi connectivity index (χ1n) is 6.55. The highest BCUT2D eigenvalue weighted by Gasteiger charge is 2.15. The third-order valence-electron chi connectivity index (χ3n) is 2.98. The number of alkyl halides is 2. The van der Waals surface area contributed by atoms with E-state index in [9.17, 15) is 13.6 Å². The van der Waals surface area contributed by atoms with Crippen LogP contribution in [0.1, 0.15) is 15.9 Å². The molecule has 2 rings (SSSR count). The molecule has 22 heavy (non-hydrogen) atoms.